The molecule has 2 nitrogen and oxygen atoms in total. The van der Waals surface area contributed by atoms with Crippen LogP contribution in [-0.4, -0.2) is 30.7 Å². The smallest absolute Gasteiger partial charge is 0.253 e. The molecule has 4 heteroatoms. The zero-order valence-electron chi connectivity index (χ0n) is 7.19. The third-order valence-electron chi connectivity index (χ3n) is 2.47. The third kappa shape index (κ3) is 2.38. The van der Waals surface area contributed by atoms with Gasteiger partial charge >= 0.3 is 0 Å². The molecule has 0 aromatic carbocycles. The van der Waals surface area contributed by atoms with Crippen LogP contribution in [0.5, 0.6) is 0 Å². The summed E-state index contributed by atoms with van der Waals surface area (Å²) >= 11 is 0. The Hall–Kier alpha value is -0.220. The van der Waals surface area contributed by atoms with Gasteiger partial charge in [-0.25, -0.2) is 8.78 Å². The molecular formula is C8H15F2NO. The zero-order chi connectivity index (χ0) is 9.19. The molecule has 1 saturated carbocycles. The van der Waals surface area contributed by atoms with E-state index >= 15 is 0 Å². The van der Waals surface area contributed by atoms with Gasteiger partial charge in [0.05, 0.1) is 6.04 Å². The molecule has 72 valence electrons. The molecule has 2 N–H and O–H groups in total. The number of hydrogen-bond donors (Lipinski definition) is 2. The van der Waals surface area contributed by atoms with E-state index in [4.69, 9.17) is 5.11 Å². The van der Waals surface area contributed by atoms with Crippen molar-refractivity contribution in [1.29, 1.82) is 0 Å². The van der Waals surface area contributed by atoms with Crippen LogP contribution in [-0.2, 0) is 0 Å². The first-order chi connectivity index (χ1) is 5.59. The molecule has 12 heavy (non-hydrogen) atoms. The SMILES string of the molecule is CC(NCC1(CO)CC1)C(F)F. The van der Waals surface area contributed by atoms with Gasteiger partial charge in [-0.15, -0.1) is 0 Å². The molecule has 0 aromatic heterocycles. The first-order valence-electron chi connectivity index (χ1n) is 4.22. The minimum absolute atomic E-state index is 0.0802. The van der Waals surface area contributed by atoms with Gasteiger partial charge in [-0.3, -0.25) is 0 Å². The molecule has 0 aromatic rings. The Morgan fingerprint density at radius 2 is 2.08 bits per heavy atom. The lowest BCUT2D eigenvalue weighted by Crippen LogP contribution is -2.37. The molecule has 1 aliphatic carbocycles. The highest BCUT2D eigenvalue weighted by Gasteiger charge is 2.42. The summed E-state index contributed by atoms with van der Waals surface area (Å²) in [6, 6.07) is -0.769. The Morgan fingerprint density at radius 1 is 1.50 bits per heavy atom. The fourth-order valence-electron chi connectivity index (χ4n) is 1.03. The van der Waals surface area contributed by atoms with Crippen molar-refractivity contribution in [2.24, 2.45) is 5.41 Å². The summed E-state index contributed by atoms with van der Waals surface area (Å²) in [6.07, 6.45) is -0.418. The van der Waals surface area contributed by atoms with E-state index in [2.05, 4.69) is 5.32 Å². The Balaban J connectivity index is 2.17. The number of aliphatic hydroxyl groups excluding tert-OH is 1. The van der Waals surface area contributed by atoms with Crippen LogP contribution in [0.25, 0.3) is 0 Å². The van der Waals surface area contributed by atoms with Crippen LogP contribution in [0.15, 0.2) is 0 Å². The molecule has 1 aliphatic rings. The highest BCUT2D eigenvalue weighted by Crippen LogP contribution is 2.44. The average molecular weight is 179 g/mol. The summed E-state index contributed by atoms with van der Waals surface area (Å²) in [5.41, 5.74) is -0.0802. The second-order valence-corrected chi connectivity index (χ2v) is 3.66. The Bertz CT molecular complexity index is 148. The van der Waals surface area contributed by atoms with E-state index in [-0.39, 0.29) is 12.0 Å². The second kappa shape index (κ2) is 3.66. The fraction of sp³-hybridized carbons (Fsp3) is 1.00. The first kappa shape index (κ1) is 9.86. The molecule has 0 amide bonds. The van der Waals surface area contributed by atoms with Crippen LogP contribution in [0.1, 0.15) is 19.8 Å². The molecule has 1 unspecified atom stereocenters. The standard InChI is InChI=1S/C8H15F2NO/c1-6(7(9)10)11-4-8(5-12)2-3-8/h6-7,11-12H,2-5H2,1H3. The van der Waals surface area contributed by atoms with Gasteiger partial charge in [-0.2, -0.15) is 0 Å². The summed E-state index contributed by atoms with van der Waals surface area (Å²) in [5.74, 6) is 0. The van der Waals surface area contributed by atoms with Crippen molar-refractivity contribution in [3.63, 3.8) is 0 Å². The molecule has 1 fully saturated rings. The Kier molecular flexibility index (Phi) is 3.01. The van der Waals surface area contributed by atoms with Gasteiger partial charge in [0.15, 0.2) is 0 Å². The van der Waals surface area contributed by atoms with Crippen molar-refractivity contribution in [3.05, 3.63) is 0 Å². The van der Waals surface area contributed by atoms with Crippen LogP contribution in [0.3, 0.4) is 0 Å². The lowest BCUT2D eigenvalue weighted by molar-refractivity contribution is 0.0989. The molecule has 1 atom stereocenters. The van der Waals surface area contributed by atoms with E-state index in [1.165, 1.54) is 6.92 Å². The van der Waals surface area contributed by atoms with E-state index in [0.717, 1.165) is 12.8 Å². The summed E-state index contributed by atoms with van der Waals surface area (Å²) in [5, 5.41) is 11.6. The summed E-state index contributed by atoms with van der Waals surface area (Å²) in [7, 11) is 0. The molecule has 0 bridgehead atoms. The van der Waals surface area contributed by atoms with Gasteiger partial charge in [0, 0.05) is 18.6 Å². The highest BCUT2D eigenvalue weighted by molar-refractivity contribution is 4.94. The maximum Gasteiger partial charge on any atom is 0.253 e. The van der Waals surface area contributed by atoms with Gasteiger partial charge < -0.3 is 10.4 Å². The van der Waals surface area contributed by atoms with E-state index in [9.17, 15) is 8.78 Å². The van der Waals surface area contributed by atoms with E-state index in [0.29, 0.717) is 6.54 Å². The number of aliphatic hydroxyl groups is 1. The average Bonchev–Trinajstić information content (AvgIpc) is 2.81. The maximum absolute atomic E-state index is 12.0. The highest BCUT2D eigenvalue weighted by atomic mass is 19.3. The molecule has 1 rings (SSSR count). The van der Waals surface area contributed by atoms with Crippen LogP contribution >= 0.6 is 0 Å². The van der Waals surface area contributed by atoms with Gasteiger partial charge in [-0.1, -0.05) is 0 Å². The Labute approximate surface area is 71.0 Å². The predicted molar refractivity (Wildman–Crippen MR) is 42.2 cm³/mol. The quantitative estimate of drug-likeness (QED) is 0.660. The van der Waals surface area contributed by atoms with Crippen LogP contribution in [0.2, 0.25) is 0 Å². The summed E-state index contributed by atoms with van der Waals surface area (Å²) < 4.78 is 24.0. The van der Waals surface area contributed by atoms with Crippen molar-refractivity contribution in [3.8, 4) is 0 Å². The lowest BCUT2D eigenvalue weighted by atomic mass is 10.1. The second-order valence-electron chi connectivity index (χ2n) is 3.66. The first-order valence-corrected chi connectivity index (χ1v) is 4.22. The van der Waals surface area contributed by atoms with Crippen molar-refractivity contribution < 1.29 is 13.9 Å². The minimum atomic E-state index is -2.32. The van der Waals surface area contributed by atoms with Gasteiger partial charge in [-0.05, 0) is 19.8 Å². The third-order valence-corrected chi connectivity index (χ3v) is 2.47. The predicted octanol–water partition coefficient (Wildman–Crippen LogP) is 1.00. The molecular weight excluding hydrogens is 164 g/mol. The monoisotopic (exact) mass is 179 g/mol. The molecule has 0 saturated heterocycles. The summed E-state index contributed by atoms with van der Waals surface area (Å²) in [6.45, 7) is 2.07. The molecule has 0 spiro atoms. The van der Waals surface area contributed by atoms with Crippen molar-refractivity contribution in [1.82, 2.24) is 5.32 Å². The van der Waals surface area contributed by atoms with E-state index < -0.39 is 12.5 Å². The van der Waals surface area contributed by atoms with Gasteiger partial charge in [0.1, 0.15) is 0 Å². The van der Waals surface area contributed by atoms with Crippen LogP contribution in [0.4, 0.5) is 8.78 Å². The topological polar surface area (TPSA) is 32.3 Å². The van der Waals surface area contributed by atoms with E-state index in [1.54, 1.807) is 0 Å². The van der Waals surface area contributed by atoms with Crippen molar-refractivity contribution in [2.45, 2.75) is 32.2 Å². The summed E-state index contributed by atoms with van der Waals surface area (Å²) in [4.78, 5) is 0. The number of rotatable bonds is 5. The van der Waals surface area contributed by atoms with Gasteiger partial charge in [0.25, 0.3) is 6.43 Å². The number of halogens is 2. The normalized spacial score (nSPS) is 22.8. The molecule has 0 radical (unpaired) electrons. The number of alkyl halides is 2. The van der Waals surface area contributed by atoms with Crippen LogP contribution in [0, 0.1) is 5.41 Å². The zero-order valence-corrected chi connectivity index (χ0v) is 7.19. The minimum Gasteiger partial charge on any atom is -0.396 e. The number of hydrogen-bond acceptors (Lipinski definition) is 2. The fourth-order valence-corrected chi connectivity index (χ4v) is 1.03. The van der Waals surface area contributed by atoms with Crippen molar-refractivity contribution in [2.75, 3.05) is 13.2 Å². The lowest BCUT2D eigenvalue weighted by Gasteiger charge is -2.17. The Morgan fingerprint density at radius 3 is 2.42 bits per heavy atom. The van der Waals surface area contributed by atoms with Crippen LogP contribution < -0.4 is 5.32 Å². The molecule has 0 aliphatic heterocycles. The largest absolute Gasteiger partial charge is 0.396 e. The molecule has 0 heterocycles. The van der Waals surface area contributed by atoms with Crippen molar-refractivity contribution >= 4 is 0 Å². The van der Waals surface area contributed by atoms with E-state index in [1.807, 2.05) is 0 Å². The van der Waals surface area contributed by atoms with Gasteiger partial charge in [0.2, 0.25) is 0 Å². The number of nitrogens with one attached hydrogen (secondary N) is 1. The maximum atomic E-state index is 12.0.